The van der Waals surface area contributed by atoms with E-state index in [0.717, 1.165) is 34.3 Å². The molecule has 5 heteroatoms. The summed E-state index contributed by atoms with van der Waals surface area (Å²) in [7, 11) is 1.95. The minimum atomic E-state index is 0. The summed E-state index contributed by atoms with van der Waals surface area (Å²) in [4.78, 5) is 4.58. The normalized spacial score (nSPS) is 10.0. The number of benzene rings is 1. The third-order valence-electron chi connectivity index (χ3n) is 2.26. The predicted molar refractivity (Wildman–Crippen MR) is 77.4 cm³/mol. The van der Waals surface area contributed by atoms with Gasteiger partial charge in [0.25, 0.3) is 0 Å². The van der Waals surface area contributed by atoms with Gasteiger partial charge in [0.05, 0.1) is 10.7 Å². The van der Waals surface area contributed by atoms with Crippen LogP contribution in [0.1, 0.15) is 5.01 Å². The minimum Gasteiger partial charge on any atom is -0.319 e. The first-order valence-corrected chi connectivity index (χ1v) is 6.40. The molecule has 17 heavy (non-hydrogen) atoms. The summed E-state index contributed by atoms with van der Waals surface area (Å²) in [6.45, 7) is 0.961. The molecule has 2 nitrogen and oxygen atoms in total. The van der Waals surface area contributed by atoms with Gasteiger partial charge in [0.1, 0.15) is 0 Å². The van der Waals surface area contributed by atoms with Crippen LogP contribution in [0.5, 0.6) is 0 Å². The molecule has 0 aliphatic rings. The van der Waals surface area contributed by atoms with E-state index in [1.807, 2.05) is 31.3 Å². The van der Waals surface area contributed by atoms with Crippen LogP contribution in [0.2, 0.25) is 5.02 Å². The van der Waals surface area contributed by atoms with Crippen molar-refractivity contribution in [3.63, 3.8) is 0 Å². The number of likely N-dealkylation sites (N-methyl/N-ethyl adjacent to an activating group) is 1. The van der Waals surface area contributed by atoms with Gasteiger partial charge in [-0.2, -0.15) is 0 Å². The first-order valence-electron chi connectivity index (χ1n) is 5.14. The fourth-order valence-electron chi connectivity index (χ4n) is 1.44. The summed E-state index contributed by atoms with van der Waals surface area (Å²) in [6, 6.07) is 7.80. The third kappa shape index (κ3) is 3.96. The number of aromatic nitrogens is 1. The fourth-order valence-corrected chi connectivity index (χ4v) is 2.44. The van der Waals surface area contributed by atoms with Crippen LogP contribution in [-0.4, -0.2) is 18.6 Å². The second-order valence-corrected chi connectivity index (χ2v) is 4.87. The van der Waals surface area contributed by atoms with Crippen LogP contribution in [-0.2, 0) is 6.42 Å². The van der Waals surface area contributed by atoms with Gasteiger partial charge in [-0.25, -0.2) is 4.98 Å². The van der Waals surface area contributed by atoms with Gasteiger partial charge in [-0.05, 0) is 19.2 Å². The van der Waals surface area contributed by atoms with Gasteiger partial charge in [-0.15, -0.1) is 23.7 Å². The van der Waals surface area contributed by atoms with Gasteiger partial charge in [-0.1, -0.05) is 23.7 Å². The van der Waals surface area contributed by atoms with E-state index in [-0.39, 0.29) is 12.4 Å². The van der Waals surface area contributed by atoms with E-state index < -0.39 is 0 Å². The van der Waals surface area contributed by atoms with Crippen LogP contribution in [0.15, 0.2) is 29.6 Å². The molecule has 92 valence electrons. The zero-order chi connectivity index (χ0) is 11.4. The van der Waals surface area contributed by atoms with E-state index in [2.05, 4.69) is 15.7 Å². The number of hydrogen-bond acceptors (Lipinski definition) is 3. The zero-order valence-electron chi connectivity index (χ0n) is 9.44. The van der Waals surface area contributed by atoms with Crippen molar-refractivity contribution in [2.75, 3.05) is 13.6 Å². The molecule has 1 aromatic heterocycles. The first kappa shape index (κ1) is 14.5. The van der Waals surface area contributed by atoms with E-state index in [4.69, 9.17) is 11.6 Å². The molecule has 1 N–H and O–H groups in total. The van der Waals surface area contributed by atoms with Gasteiger partial charge in [-0.3, -0.25) is 0 Å². The number of rotatable bonds is 4. The lowest BCUT2D eigenvalue weighted by Crippen LogP contribution is -2.09. The monoisotopic (exact) mass is 288 g/mol. The Balaban J connectivity index is 0.00000144. The molecule has 0 saturated carbocycles. The molecule has 2 aromatic rings. The van der Waals surface area contributed by atoms with Crippen molar-refractivity contribution < 1.29 is 0 Å². The summed E-state index contributed by atoms with van der Waals surface area (Å²) in [5.41, 5.74) is 2.10. The van der Waals surface area contributed by atoms with Crippen molar-refractivity contribution in [2.24, 2.45) is 0 Å². The smallest absolute Gasteiger partial charge is 0.0945 e. The molecule has 0 unspecified atom stereocenters. The van der Waals surface area contributed by atoms with Gasteiger partial charge < -0.3 is 5.32 Å². The van der Waals surface area contributed by atoms with Gasteiger partial charge in [0, 0.05) is 28.9 Å². The Kier molecular flexibility index (Phi) is 5.92. The Hall–Kier alpha value is -0.610. The second kappa shape index (κ2) is 6.97. The summed E-state index contributed by atoms with van der Waals surface area (Å²) in [5.74, 6) is 0. The molecule has 0 aliphatic heterocycles. The van der Waals surface area contributed by atoms with E-state index in [0.29, 0.717) is 0 Å². The van der Waals surface area contributed by atoms with Crippen LogP contribution in [0.25, 0.3) is 11.3 Å². The summed E-state index contributed by atoms with van der Waals surface area (Å²) < 4.78 is 0. The van der Waals surface area contributed by atoms with E-state index in [9.17, 15) is 0 Å². The number of hydrogen-bond donors (Lipinski definition) is 1. The summed E-state index contributed by atoms with van der Waals surface area (Å²) >= 11 is 7.65. The Bertz CT molecular complexity index is 471. The van der Waals surface area contributed by atoms with Crippen molar-refractivity contribution >= 4 is 35.3 Å². The fraction of sp³-hybridized carbons (Fsp3) is 0.250. The number of nitrogens with zero attached hydrogens (tertiary/aromatic N) is 1. The highest BCUT2D eigenvalue weighted by atomic mass is 35.5. The molecule has 0 amide bonds. The zero-order valence-corrected chi connectivity index (χ0v) is 11.8. The lowest BCUT2D eigenvalue weighted by molar-refractivity contribution is 0.788. The SMILES string of the molecule is CNCCc1nc(-c2cccc(Cl)c2)cs1.Cl. The van der Waals surface area contributed by atoms with Crippen LogP contribution in [0.3, 0.4) is 0 Å². The summed E-state index contributed by atoms with van der Waals surface area (Å²) in [6.07, 6.45) is 0.974. The third-order valence-corrected chi connectivity index (χ3v) is 3.40. The Labute approximate surface area is 116 Å². The summed E-state index contributed by atoms with van der Waals surface area (Å²) in [5, 5.41) is 7.11. The van der Waals surface area contributed by atoms with Crippen molar-refractivity contribution in [3.05, 3.63) is 39.7 Å². The predicted octanol–water partition coefficient (Wildman–Crippen LogP) is 3.65. The molecular weight excluding hydrogens is 275 g/mol. The maximum atomic E-state index is 5.95. The van der Waals surface area contributed by atoms with Crippen LogP contribution in [0.4, 0.5) is 0 Å². The molecule has 0 bridgehead atoms. The van der Waals surface area contributed by atoms with E-state index in [1.54, 1.807) is 11.3 Å². The Morgan fingerprint density at radius 3 is 2.94 bits per heavy atom. The van der Waals surface area contributed by atoms with Crippen LogP contribution >= 0.6 is 35.3 Å². The quantitative estimate of drug-likeness (QED) is 0.929. The first-order chi connectivity index (χ1) is 7.79. The highest BCUT2D eigenvalue weighted by molar-refractivity contribution is 7.09. The average molecular weight is 289 g/mol. The van der Waals surface area contributed by atoms with Crippen LogP contribution in [0, 0.1) is 0 Å². The molecule has 0 atom stereocenters. The molecule has 0 aliphatic carbocycles. The highest BCUT2D eigenvalue weighted by Gasteiger charge is 2.04. The molecule has 0 spiro atoms. The topological polar surface area (TPSA) is 24.9 Å². The standard InChI is InChI=1S/C12H13ClN2S.ClH/c1-14-6-5-12-15-11(8-16-12)9-3-2-4-10(13)7-9;/h2-4,7-8,14H,5-6H2,1H3;1H. The lowest BCUT2D eigenvalue weighted by atomic mass is 10.2. The van der Waals surface area contributed by atoms with Crippen molar-refractivity contribution in [1.82, 2.24) is 10.3 Å². The molecule has 0 fully saturated rings. The van der Waals surface area contributed by atoms with E-state index in [1.165, 1.54) is 0 Å². The van der Waals surface area contributed by atoms with Crippen molar-refractivity contribution in [3.8, 4) is 11.3 Å². The maximum absolute atomic E-state index is 5.95. The minimum absolute atomic E-state index is 0. The number of thiazole rings is 1. The van der Waals surface area contributed by atoms with Gasteiger partial charge in [0.15, 0.2) is 0 Å². The molecule has 1 aromatic carbocycles. The van der Waals surface area contributed by atoms with E-state index >= 15 is 0 Å². The number of nitrogens with one attached hydrogen (secondary N) is 1. The average Bonchev–Trinajstić information content (AvgIpc) is 2.75. The number of halogens is 2. The van der Waals surface area contributed by atoms with Gasteiger partial charge in [0.2, 0.25) is 0 Å². The van der Waals surface area contributed by atoms with Crippen molar-refractivity contribution in [2.45, 2.75) is 6.42 Å². The molecule has 2 rings (SSSR count). The largest absolute Gasteiger partial charge is 0.319 e. The Morgan fingerprint density at radius 1 is 1.41 bits per heavy atom. The second-order valence-electron chi connectivity index (χ2n) is 3.49. The van der Waals surface area contributed by atoms with Gasteiger partial charge >= 0.3 is 0 Å². The highest BCUT2D eigenvalue weighted by Crippen LogP contribution is 2.24. The van der Waals surface area contributed by atoms with Crippen LogP contribution < -0.4 is 5.32 Å². The molecule has 1 heterocycles. The lowest BCUT2D eigenvalue weighted by Gasteiger charge is -1.97. The molecule has 0 radical (unpaired) electrons. The maximum Gasteiger partial charge on any atom is 0.0945 e. The molecular formula is C12H14Cl2N2S. The Morgan fingerprint density at radius 2 is 2.24 bits per heavy atom. The van der Waals surface area contributed by atoms with Crippen molar-refractivity contribution in [1.29, 1.82) is 0 Å². The molecule has 0 saturated heterocycles.